The molecular weight excluding hydrogens is 282 g/mol. The van der Waals surface area contributed by atoms with Crippen molar-refractivity contribution in [1.29, 1.82) is 0 Å². The van der Waals surface area contributed by atoms with E-state index in [1.165, 1.54) is 0 Å². The van der Waals surface area contributed by atoms with Gasteiger partial charge in [-0.25, -0.2) is 4.79 Å². The van der Waals surface area contributed by atoms with E-state index in [1.54, 1.807) is 0 Å². The summed E-state index contributed by atoms with van der Waals surface area (Å²) in [5.74, 6) is -0.202. The van der Waals surface area contributed by atoms with Gasteiger partial charge in [-0.1, -0.05) is 34.1 Å². The van der Waals surface area contributed by atoms with E-state index < -0.39 is 0 Å². The van der Waals surface area contributed by atoms with Gasteiger partial charge in [0.25, 0.3) is 0 Å². The van der Waals surface area contributed by atoms with Crippen molar-refractivity contribution in [2.75, 3.05) is 6.61 Å². The van der Waals surface area contributed by atoms with E-state index in [0.29, 0.717) is 12.6 Å². The number of benzene rings is 1. The predicted molar refractivity (Wildman–Crippen MR) is 69.7 cm³/mol. The highest BCUT2D eigenvalue weighted by molar-refractivity contribution is 9.10. The van der Waals surface area contributed by atoms with Crippen molar-refractivity contribution in [3.63, 3.8) is 0 Å². The summed E-state index contributed by atoms with van der Waals surface area (Å²) >= 11 is 3.48. The molecule has 2 rings (SSSR count). The fourth-order valence-electron chi connectivity index (χ4n) is 1.71. The molecule has 1 aliphatic carbocycles. The molecule has 0 aliphatic heterocycles. The summed E-state index contributed by atoms with van der Waals surface area (Å²) in [4.78, 5) is 12.0. The molecule has 92 valence electrons. The van der Waals surface area contributed by atoms with Crippen molar-refractivity contribution in [1.82, 2.24) is 5.32 Å². The summed E-state index contributed by atoms with van der Waals surface area (Å²) in [7, 11) is 0. The maximum absolute atomic E-state index is 12.0. The summed E-state index contributed by atoms with van der Waals surface area (Å²) in [6.07, 6.45) is 2.28. The molecule has 1 fully saturated rings. The van der Waals surface area contributed by atoms with Crippen molar-refractivity contribution < 1.29 is 9.53 Å². The molecule has 0 aromatic heterocycles. The molecule has 1 saturated carbocycles. The van der Waals surface area contributed by atoms with Crippen LogP contribution in [0.15, 0.2) is 28.7 Å². The van der Waals surface area contributed by atoms with Gasteiger partial charge in [-0.3, -0.25) is 5.32 Å². The molecule has 1 aliphatic rings. The largest absolute Gasteiger partial charge is 0.465 e. The number of ether oxygens (including phenoxy) is 1. The number of hydrogen-bond donors (Lipinski definition) is 1. The Bertz CT molecular complexity index is 404. The summed E-state index contributed by atoms with van der Waals surface area (Å²) in [6, 6.07) is 7.85. The van der Waals surface area contributed by atoms with Crippen LogP contribution in [0.4, 0.5) is 0 Å². The average molecular weight is 298 g/mol. The minimum atomic E-state index is -0.363. The Morgan fingerprint density at radius 2 is 2.24 bits per heavy atom. The minimum absolute atomic E-state index is 0.202. The SMILES string of the molecule is CCOC(=O)C(NC1CC1)c1ccccc1Br. The quantitative estimate of drug-likeness (QED) is 0.850. The van der Waals surface area contributed by atoms with Gasteiger partial charge in [-0.2, -0.15) is 0 Å². The van der Waals surface area contributed by atoms with Crippen molar-refractivity contribution in [2.24, 2.45) is 0 Å². The van der Waals surface area contributed by atoms with Crippen molar-refractivity contribution in [2.45, 2.75) is 31.8 Å². The second-order valence-electron chi connectivity index (χ2n) is 4.15. The Kier molecular flexibility index (Phi) is 4.18. The zero-order valence-corrected chi connectivity index (χ0v) is 11.4. The van der Waals surface area contributed by atoms with Crippen molar-refractivity contribution in [3.8, 4) is 0 Å². The number of hydrogen-bond acceptors (Lipinski definition) is 3. The molecule has 1 unspecified atom stereocenters. The predicted octanol–water partition coefficient (Wildman–Crippen LogP) is 2.81. The Balaban J connectivity index is 2.19. The first-order valence-electron chi connectivity index (χ1n) is 5.89. The molecule has 0 bridgehead atoms. The normalized spacial score (nSPS) is 16.6. The Labute approximate surface area is 110 Å². The van der Waals surface area contributed by atoms with Gasteiger partial charge in [-0.05, 0) is 31.4 Å². The maximum atomic E-state index is 12.0. The van der Waals surface area contributed by atoms with Gasteiger partial charge >= 0.3 is 5.97 Å². The second-order valence-corrected chi connectivity index (χ2v) is 5.00. The van der Waals surface area contributed by atoms with E-state index in [1.807, 2.05) is 31.2 Å². The lowest BCUT2D eigenvalue weighted by molar-refractivity contribution is -0.145. The van der Waals surface area contributed by atoms with E-state index >= 15 is 0 Å². The third-order valence-corrected chi connectivity index (χ3v) is 3.44. The van der Waals surface area contributed by atoms with Gasteiger partial charge in [0, 0.05) is 10.5 Å². The highest BCUT2D eigenvalue weighted by Crippen LogP contribution is 2.29. The zero-order chi connectivity index (χ0) is 12.3. The van der Waals surface area contributed by atoms with Gasteiger partial charge in [0.15, 0.2) is 0 Å². The zero-order valence-electron chi connectivity index (χ0n) is 9.78. The van der Waals surface area contributed by atoms with E-state index in [0.717, 1.165) is 22.9 Å². The minimum Gasteiger partial charge on any atom is -0.465 e. The molecule has 17 heavy (non-hydrogen) atoms. The van der Waals surface area contributed by atoms with Gasteiger partial charge in [0.2, 0.25) is 0 Å². The highest BCUT2D eigenvalue weighted by Gasteiger charge is 2.31. The molecule has 3 nitrogen and oxygen atoms in total. The molecule has 0 spiro atoms. The average Bonchev–Trinajstić information content (AvgIpc) is 3.11. The molecule has 1 atom stereocenters. The van der Waals surface area contributed by atoms with Crippen molar-refractivity contribution in [3.05, 3.63) is 34.3 Å². The van der Waals surface area contributed by atoms with Gasteiger partial charge in [0.05, 0.1) is 6.61 Å². The van der Waals surface area contributed by atoms with E-state index in [4.69, 9.17) is 4.74 Å². The lowest BCUT2D eigenvalue weighted by atomic mass is 10.1. The van der Waals surface area contributed by atoms with E-state index in [-0.39, 0.29) is 12.0 Å². The third-order valence-electron chi connectivity index (χ3n) is 2.72. The third kappa shape index (κ3) is 3.30. The standard InChI is InChI=1S/C13H16BrNO2/c1-2-17-13(16)12(15-9-7-8-9)10-5-3-4-6-11(10)14/h3-6,9,12,15H,2,7-8H2,1H3. The Morgan fingerprint density at radius 1 is 1.53 bits per heavy atom. The summed E-state index contributed by atoms with van der Waals surface area (Å²) in [6.45, 7) is 2.23. The lowest BCUT2D eigenvalue weighted by Gasteiger charge is -2.18. The first-order valence-corrected chi connectivity index (χ1v) is 6.68. The topological polar surface area (TPSA) is 38.3 Å². The molecule has 1 aromatic rings. The molecular formula is C13H16BrNO2. The molecule has 4 heteroatoms. The molecule has 0 heterocycles. The first kappa shape index (κ1) is 12.6. The van der Waals surface area contributed by atoms with Crippen LogP contribution in [-0.2, 0) is 9.53 Å². The van der Waals surface area contributed by atoms with Crippen LogP contribution < -0.4 is 5.32 Å². The number of carbonyl (C=O) groups is 1. The molecule has 0 amide bonds. The molecule has 0 radical (unpaired) electrons. The van der Waals surface area contributed by atoms with Crippen LogP contribution in [-0.4, -0.2) is 18.6 Å². The van der Waals surface area contributed by atoms with Crippen molar-refractivity contribution >= 4 is 21.9 Å². The molecule has 0 saturated heterocycles. The van der Waals surface area contributed by atoms with Gasteiger partial charge in [0.1, 0.15) is 6.04 Å². The fraction of sp³-hybridized carbons (Fsp3) is 0.462. The summed E-state index contributed by atoms with van der Waals surface area (Å²) in [5.41, 5.74) is 0.942. The number of nitrogens with one attached hydrogen (secondary N) is 1. The molecule has 1 aromatic carbocycles. The van der Waals surface area contributed by atoms with Crippen LogP contribution >= 0.6 is 15.9 Å². The van der Waals surface area contributed by atoms with E-state index in [2.05, 4.69) is 21.2 Å². The van der Waals surface area contributed by atoms with Crippen LogP contribution in [0.2, 0.25) is 0 Å². The highest BCUT2D eigenvalue weighted by atomic mass is 79.9. The number of rotatable bonds is 5. The first-order chi connectivity index (χ1) is 8.22. The maximum Gasteiger partial charge on any atom is 0.327 e. The summed E-state index contributed by atoms with van der Waals surface area (Å²) in [5, 5.41) is 3.33. The Morgan fingerprint density at radius 3 is 2.82 bits per heavy atom. The van der Waals surface area contributed by atoms with Crippen LogP contribution in [0.5, 0.6) is 0 Å². The number of carbonyl (C=O) groups excluding carboxylic acids is 1. The summed E-state index contributed by atoms with van der Waals surface area (Å²) < 4.78 is 6.06. The van der Waals surface area contributed by atoms with Crippen LogP contribution in [0.3, 0.4) is 0 Å². The van der Waals surface area contributed by atoms with Crippen LogP contribution in [0, 0.1) is 0 Å². The number of halogens is 1. The molecule has 1 N–H and O–H groups in total. The van der Waals surface area contributed by atoms with E-state index in [9.17, 15) is 4.79 Å². The van der Waals surface area contributed by atoms with Gasteiger partial charge < -0.3 is 4.74 Å². The lowest BCUT2D eigenvalue weighted by Crippen LogP contribution is -2.32. The smallest absolute Gasteiger partial charge is 0.327 e. The van der Waals surface area contributed by atoms with Gasteiger partial charge in [-0.15, -0.1) is 0 Å². The monoisotopic (exact) mass is 297 g/mol. The fourth-order valence-corrected chi connectivity index (χ4v) is 2.22. The second kappa shape index (κ2) is 5.65. The van der Waals surface area contributed by atoms with Crippen LogP contribution in [0.1, 0.15) is 31.4 Å². The number of esters is 1. The van der Waals surface area contributed by atoms with Crippen LogP contribution in [0.25, 0.3) is 0 Å². The Hall–Kier alpha value is -0.870.